The summed E-state index contributed by atoms with van der Waals surface area (Å²) < 4.78 is 43.9. The summed E-state index contributed by atoms with van der Waals surface area (Å²) in [6, 6.07) is 50.4. The highest BCUT2D eigenvalue weighted by Gasteiger charge is 2.48. The quantitative estimate of drug-likeness (QED) is 0.0501. The van der Waals surface area contributed by atoms with Crippen molar-refractivity contribution in [1.29, 1.82) is 0 Å². The van der Waals surface area contributed by atoms with Crippen molar-refractivity contribution in [3.8, 4) is 56.8 Å². The molecule has 78 heavy (non-hydrogen) atoms. The second kappa shape index (κ2) is 22.1. The molecule has 8 aromatic carbocycles. The lowest BCUT2D eigenvalue weighted by Crippen LogP contribution is -2.35. The molecule has 1 aliphatic heterocycles. The van der Waals surface area contributed by atoms with Crippen LogP contribution in [0.4, 0.5) is 0 Å². The van der Waals surface area contributed by atoms with Crippen LogP contribution in [0.2, 0.25) is 0 Å². The highest BCUT2D eigenvalue weighted by atomic mass is 16.6. The smallest absolute Gasteiger partial charge is 0.344 e. The fraction of sp³-hybridized carbons (Fsp3) is 0.275. The third-order valence-corrected chi connectivity index (χ3v) is 16.7. The third kappa shape index (κ3) is 9.38. The van der Waals surface area contributed by atoms with Crippen molar-refractivity contribution < 1.29 is 42.7 Å². The molecule has 1 fully saturated rings. The maximum absolute atomic E-state index is 14.7. The number of hydrogen-bond acceptors (Lipinski definition) is 9. The largest absolute Gasteiger partial charge is 0.497 e. The lowest BCUT2D eigenvalue weighted by molar-refractivity contribution is 0.0219. The van der Waals surface area contributed by atoms with Crippen LogP contribution in [0.25, 0.3) is 39.1 Å². The molecule has 9 heteroatoms. The Hall–Kier alpha value is -8.14. The molecule has 0 amide bonds. The van der Waals surface area contributed by atoms with Crippen LogP contribution in [-0.4, -0.2) is 40.4 Å². The summed E-state index contributed by atoms with van der Waals surface area (Å²) >= 11 is 0. The topological polar surface area (TPSA) is 98.8 Å². The van der Waals surface area contributed by atoms with Gasteiger partial charge in [-0.3, -0.25) is 0 Å². The van der Waals surface area contributed by atoms with Gasteiger partial charge in [-0.05, 0) is 156 Å². The number of hydrogen-bond donors (Lipinski definition) is 0. The van der Waals surface area contributed by atoms with Gasteiger partial charge in [-0.1, -0.05) is 137 Å². The molecular formula is C69H66O9. The molecule has 3 aliphatic rings. The van der Waals surface area contributed by atoms with E-state index < -0.39 is 23.1 Å². The van der Waals surface area contributed by atoms with Gasteiger partial charge < -0.3 is 33.2 Å². The van der Waals surface area contributed by atoms with E-state index in [9.17, 15) is 9.59 Å². The molecule has 11 rings (SSSR count). The minimum absolute atomic E-state index is 0.235. The lowest BCUT2D eigenvalue weighted by Gasteiger charge is -2.39. The molecule has 0 N–H and O–H groups in total. The number of unbranched alkanes of at least 4 members (excludes halogenated alkanes) is 2. The Morgan fingerprint density at radius 3 is 1.86 bits per heavy atom. The molecule has 1 heterocycles. The van der Waals surface area contributed by atoms with Crippen LogP contribution >= 0.6 is 0 Å². The first-order chi connectivity index (χ1) is 38.1. The summed E-state index contributed by atoms with van der Waals surface area (Å²) in [5.74, 6) is 3.43. The van der Waals surface area contributed by atoms with Gasteiger partial charge in [0.1, 0.15) is 28.6 Å². The zero-order chi connectivity index (χ0) is 54.0. The second-order valence-corrected chi connectivity index (χ2v) is 20.8. The Bertz CT molecular complexity index is 3460. The molecule has 0 aromatic heterocycles. The van der Waals surface area contributed by atoms with Gasteiger partial charge in [0.2, 0.25) is 0 Å². The number of methoxy groups -OCH3 is 4. The Balaban J connectivity index is 0.912. The Morgan fingerprint density at radius 1 is 0.603 bits per heavy atom. The van der Waals surface area contributed by atoms with Crippen molar-refractivity contribution in [2.45, 2.75) is 88.8 Å². The predicted molar refractivity (Wildman–Crippen MR) is 308 cm³/mol. The number of carbonyl (C=O) groups is 2. The number of esters is 2. The number of carbonyl (C=O) groups excluding carboxylic acids is 2. The van der Waals surface area contributed by atoms with Crippen molar-refractivity contribution >= 4 is 28.8 Å². The molecule has 1 unspecified atom stereocenters. The zero-order valence-electron chi connectivity index (χ0n) is 45.4. The molecule has 2 aliphatic carbocycles. The molecule has 9 nitrogen and oxygen atoms in total. The van der Waals surface area contributed by atoms with Crippen molar-refractivity contribution in [3.63, 3.8) is 0 Å². The summed E-state index contributed by atoms with van der Waals surface area (Å²) in [6.45, 7) is 4.40. The standard InChI is InChI=1S/C69H66O9/c1-7-9-10-15-44-20-22-45(23-21-44)46-24-26-48(27-25-46)66(70)76-53-34-28-47(29-35-53)54-16-11-12-17-55(54)67(71)77-62-42-58-59(43-61(62)74-5)65-57(64-63(58)56-18-13-14-19-60(56)68(64,8-2)75-6)40-41-69(78-65,49-30-36-51(72-3)37-31-49)50-32-38-52(73-4)39-33-50/h11-14,16-19,24-45H,7-10,15,20-23H2,1-6H3. The van der Waals surface area contributed by atoms with Gasteiger partial charge in [-0.15, -0.1) is 0 Å². The number of benzene rings is 8. The van der Waals surface area contributed by atoms with Gasteiger partial charge >= 0.3 is 11.9 Å². The van der Waals surface area contributed by atoms with Gasteiger partial charge in [0, 0.05) is 34.7 Å². The fourth-order valence-corrected chi connectivity index (χ4v) is 12.4. The van der Waals surface area contributed by atoms with E-state index >= 15 is 0 Å². The first-order valence-corrected chi connectivity index (χ1v) is 27.4. The molecule has 0 bridgehead atoms. The SMILES string of the molecule is CCCCCC1CCC(c2ccc(C(=O)Oc3ccc(-c4ccccc4C(=O)Oc4cc5c6c(c7c(c5cc4OC)OC(c4ccc(OC)cc4)(c4ccc(OC)cc4)C=C7)C(CC)(OC)c4ccccc4-6)cc3)cc2)CC1. The van der Waals surface area contributed by atoms with Crippen molar-refractivity contribution in [2.24, 2.45) is 5.92 Å². The molecule has 396 valence electrons. The van der Waals surface area contributed by atoms with Gasteiger partial charge in [0.25, 0.3) is 0 Å². The van der Waals surface area contributed by atoms with Crippen molar-refractivity contribution in [1.82, 2.24) is 0 Å². The predicted octanol–water partition coefficient (Wildman–Crippen LogP) is 16.5. The summed E-state index contributed by atoms with van der Waals surface area (Å²) in [5, 5.41) is 1.56. The highest BCUT2D eigenvalue weighted by Crippen LogP contribution is 2.60. The maximum atomic E-state index is 14.7. The van der Waals surface area contributed by atoms with Crippen LogP contribution in [0.1, 0.15) is 132 Å². The van der Waals surface area contributed by atoms with Crippen molar-refractivity contribution in [3.05, 3.63) is 208 Å². The minimum atomic E-state index is -1.10. The summed E-state index contributed by atoms with van der Waals surface area (Å²) in [4.78, 5) is 28.1. The zero-order valence-corrected chi connectivity index (χ0v) is 45.4. The average Bonchev–Trinajstić information content (AvgIpc) is 3.61. The molecule has 1 saturated carbocycles. The van der Waals surface area contributed by atoms with E-state index in [1.807, 2.05) is 115 Å². The highest BCUT2D eigenvalue weighted by molar-refractivity contribution is 6.10. The molecular weight excluding hydrogens is 973 g/mol. The third-order valence-electron chi connectivity index (χ3n) is 16.7. The van der Waals surface area contributed by atoms with Crippen molar-refractivity contribution in [2.75, 3.05) is 28.4 Å². The van der Waals surface area contributed by atoms with Crippen LogP contribution in [0.5, 0.6) is 34.5 Å². The van der Waals surface area contributed by atoms with Crippen LogP contribution in [-0.2, 0) is 15.9 Å². The van der Waals surface area contributed by atoms with E-state index in [1.54, 1.807) is 46.6 Å². The molecule has 1 atom stereocenters. The maximum Gasteiger partial charge on any atom is 0.344 e. The monoisotopic (exact) mass is 1040 g/mol. The summed E-state index contributed by atoms with van der Waals surface area (Å²) in [5.41, 5.74) is 8.23. The molecule has 0 spiro atoms. The Kier molecular flexibility index (Phi) is 14.7. The molecule has 8 aromatic rings. The van der Waals surface area contributed by atoms with Gasteiger partial charge in [-0.25, -0.2) is 9.59 Å². The average molecular weight is 1040 g/mol. The number of rotatable bonds is 17. The lowest BCUT2D eigenvalue weighted by atomic mass is 9.77. The normalized spacial score (nSPS) is 17.8. The van der Waals surface area contributed by atoms with Gasteiger partial charge in [0.05, 0.1) is 32.5 Å². The van der Waals surface area contributed by atoms with Crippen LogP contribution in [0, 0.1) is 5.92 Å². The molecule has 0 radical (unpaired) electrons. The summed E-state index contributed by atoms with van der Waals surface area (Å²) in [6.07, 6.45) is 15.2. The fourth-order valence-electron chi connectivity index (χ4n) is 12.4. The van der Waals surface area contributed by atoms with E-state index in [0.29, 0.717) is 46.3 Å². The number of fused-ring (bicyclic) bond motifs is 8. The minimum Gasteiger partial charge on any atom is -0.497 e. The second-order valence-electron chi connectivity index (χ2n) is 20.8. The van der Waals surface area contributed by atoms with Gasteiger partial charge in [-0.2, -0.15) is 0 Å². The van der Waals surface area contributed by atoms with E-state index in [1.165, 1.54) is 56.9 Å². The van der Waals surface area contributed by atoms with E-state index in [4.69, 9.17) is 33.2 Å². The van der Waals surface area contributed by atoms with E-state index in [2.05, 4.69) is 50.3 Å². The Morgan fingerprint density at radius 2 is 1.23 bits per heavy atom. The first kappa shape index (κ1) is 51.9. The van der Waals surface area contributed by atoms with Crippen LogP contribution < -0.4 is 28.4 Å². The Labute approximate surface area is 457 Å². The number of ether oxygens (including phenoxy) is 7. The van der Waals surface area contributed by atoms with Gasteiger partial charge in [0.15, 0.2) is 17.1 Å². The molecule has 0 saturated heterocycles. The summed E-state index contributed by atoms with van der Waals surface area (Å²) in [7, 11) is 6.63. The van der Waals surface area contributed by atoms with E-state index in [0.717, 1.165) is 72.7 Å². The van der Waals surface area contributed by atoms with Crippen LogP contribution in [0.15, 0.2) is 164 Å². The van der Waals surface area contributed by atoms with Crippen LogP contribution in [0.3, 0.4) is 0 Å². The van der Waals surface area contributed by atoms with E-state index in [-0.39, 0.29) is 5.75 Å². The first-order valence-electron chi connectivity index (χ1n) is 27.4.